The smallest absolute Gasteiger partial charge is 0.355 e. The van der Waals surface area contributed by atoms with Gasteiger partial charge in [-0.25, -0.2) is 4.79 Å². The van der Waals surface area contributed by atoms with Gasteiger partial charge in [0.2, 0.25) is 0 Å². The van der Waals surface area contributed by atoms with Crippen LogP contribution in [0, 0.1) is 18.3 Å². The number of nitriles is 1. The van der Waals surface area contributed by atoms with Crippen LogP contribution in [0.1, 0.15) is 32.1 Å². The van der Waals surface area contributed by atoms with Crippen LogP contribution in [0.25, 0.3) is 11.1 Å². The lowest BCUT2D eigenvalue weighted by Crippen LogP contribution is -2.02. The average molecular weight is 334 g/mol. The fraction of sp³-hybridized carbons (Fsp3) is 0.105. The van der Waals surface area contributed by atoms with Gasteiger partial charge in [-0.3, -0.25) is 0 Å². The van der Waals surface area contributed by atoms with E-state index >= 15 is 0 Å². The maximum atomic E-state index is 11.3. The van der Waals surface area contributed by atoms with E-state index in [4.69, 9.17) is 5.26 Å². The highest BCUT2D eigenvalue weighted by atomic mass is 32.1. The van der Waals surface area contributed by atoms with Crippen LogP contribution in [0.15, 0.2) is 48.5 Å². The number of benzene rings is 2. The highest BCUT2D eigenvalue weighted by molar-refractivity contribution is 7.06. The second kappa shape index (κ2) is 6.65. The summed E-state index contributed by atoms with van der Waals surface area (Å²) in [7, 11) is 0. The number of nitrogens with zero attached hydrogens (tertiary/aromatic N) is 2. The second-order valence-corrected chi connectivity index (χ2v) is 6.41. The van der Waals surface area contributed by atoms with Crippen molar-refractivity contribution in [3.05, 3.63) is 75.8 Å². The average Bonchev–Trinajstić information content (AvgIpc) is 2.96. The Morgan fingerprint density at radius 2 is 1.96 bits per heavy atom. The van der Waals surface area contributed by atoms with Gasteiger partial charge in [0.25, 0.3) is 0 Å². The molecule has 24 heavy (non-hydrogen) atoms. The molecule has 0 spiro atoms. The molecule has 0 amide bonds. The monoisotopic (exact) mass is 334 g/mol. The number of carboxylic acids is 1. The summed E-state index contributed by atoms with van der Waals surface area (Å²) in [4.78, 5) is 12.2. The third-order valence-electron chi connectivity index (χ3n) is 3.84. The van der Waals surface area contributed by atoms with Crippen molar-refractivity contribution in [1.82, 2.24) is 4.37 Å². The van der Waals surface area contributed by atoms with E-state index in [2.05, 4.69) is 10.4 Å². The van der Waals surface area contributed by atoms with Crippen molar-refractivity contribution in [2.75, 3.05) is 0 Å². The zero-order valence-electron chi connectivity index (χ0n) is 13.0. The summed E-state index contributed by atoms with van der Waals surface area (Å²) in [6.45, 7) is 1.89. The Kier molecular flexibility index (Phi) is 4.41. The summed E-state index contributed by atoms with van der Waals surface area (Å²) >= 11 is 1.22. The van der Waals surface area contributed by atoms with Crippen molar-refractivity contribution in [1.29, 1.82) is 5.26 Å². The SMILES string of the molecule is Cc1snc(C(=O)O)c1Cc1cccc(-c2ccc(C#N)cc2)c1. The summed E-state index contributed by atoms with van der Waals surface area (Å²) in [5, 5.41) is 18.1. The number of hydrogen-bond donors (Lipinski definition) is 1. The van der Waals surface area contributed by atoms with Crippen LogP contribution >= 0.6 is 11.5 Å². The van der Waals surface area contributed by atoms with Crippen LogP contribution in [-0.4, -0.2) is 15.4 Å². The van der Waals surface area contributed by atoms with Gasteiger partial charge in [-0.2, -0.15) is 9.64 Å². The van der Waals surface area contributed by atoms with Gasteiger partial charge >= 0.3 is 5.97 Å². The van der Waals surface area contributed by atoms with Crippen molar-refractivity contribution in [2.24, 2.45) is 0 Å². The predicted molar refractivity (Wildman–Crippen MR) is 93.2 cm³/mol. The van der Waals surface area contributed by atoms with Crippen LogP contribution in [0.3, 0.4) is 0 Å². The lowest BCUT2D eigenvalue weighted by atomic mass is 9.98. The number of rotatable bonds is 4. The Bertz CT molecular complexity index is 937. The van der Waals surface area contributed by atoms with Gasteiger partial charge in [0, 0.05) is 16.9 Å². The summed E-state index contributed by atoms with van der Waals surface area (Å²) in [5.41, 5.74) is 4.62. The molecule has 5 heteroatoms. The number of aromatic carboxylic acids is 1. The van der Waals surface area contributed by atoms with E-state index in [-0.39, 0.29) is 5.69 Å². The van der Waals surface area contributed by atoms with Crippen molar-refractivity contribution < 1.29 is 9.90 Å². The fourth-order valence-corrected chi connectivity index (χ4v) is 3.27. The highest BCUT2D eigenvalue weighted by Gasteiger charge is 2.17. The zero-order chi connectivity index (χ0) is 17.1. The molecule has 1 aromatic heterocycles. The molecule has 0 fully saturated rings. The van der Waals surface area contributed by atoms with E-state index in [9.17, 15) is 9.90 Å². The van der Waals surface area contributed by atoms with Gasteiger partial charge in [-0.05, 0) is 47.3 Å². The topological polar surface area (TPSA) is 74.0 Å². The van der Waals surface area contributed by atoms with Crippen molar-refractivity contribution in [3.8, 4) is 17.2 Å². The Morgan fingerprint density at radius 1 is 1.21 bits per heavy atom. The summed E-state index contributed by atoms with van der Waals surface area (Å²) in [6.07, 6.45) is 0.536. The van der Waals surface area contributed by atoms with Gasteiger partial charge in [-0.1, -0.05) is 36.4 Å². The van der Waals surface area contributed by atoms with E-state index in [1.165, 1.54) is 11.5 Å². The van der Waals surface area contributed by atoms with E-state index in [1.54, 1.807) is 12.1 Å². The number of aryl methyl sites for hydroxylation is 1. The Balaban J connectivity index is 1.92. The Labute approximate surface area is 143 Å². The first-order valence-corrected chi connectivity index (χ1v) is 8.13. The van der Waals surface area contributed by atoms with Gasteiger partial charge < -0.3 is 5.11 Å². The van der Waals surface area contributed by atoms with Crippen molar-refractivity contribution >= 4 is 17.5 Å². The Morgan fingerprint density at radius 3 is 2.62 bits per heavy atom. The van der Waals surface area contributed by atoms with Crippen LogP contribution in [-0.2, 0) is 6.42 Å². The standard InChI is InChI=1S/C19H14N2O2S/c1-12-17(18(19(22)23)21-24-12)10-14-3-2-4-16(9-14)15-7-5-13(11-20)6-8-15/h2-9H,10H2,1H3,(H,22,23). The van der Waals surface area contributed by atoms with Gasteiger partial charge in [0.15, 0.2) is 5.69 Å². The van der Waals surface area contributed by atoms with E-state index in [0.29, 0.717) is 12.0 Å². The molecule has 0 radical (unpaired) electrons. The summed E-state index contributed by atoms with van der Waals surface area (Å²) in [5.74, 6) is -0.988. The molecular formula is C19H14N2O2S. The number of hydrogen-bond acceptors (Lipinski definition) is 4. The molecule has 118 valence electrons. The first kappa shape index (κ1) is 15.9. The molecule has 0 aliphatic carbocycles. The maximum Gasteiger partial charge on any atom is 0.355 e. The van der Waals surface area contributed by atoms with Gasteiger partial charge in [-0.15, -0.1) is 0 Å². The van der Waals surface area contributed by atoms with Crippen LogP contribution in [0.4, 0.5) is 0 Å². The fourth-order valence-electron chi connectivity index (χ4n) is 2.57. The minimum absolute atomic E-state index is 0.140. The van der Waals surface area contributed by atoms with E-state index in [0.717, 1.165) is 27.1 Å². The first-order valence-electron chi connectivity index (χ1n) is 7.36. The van der Waals surface area contributed by atoms with Gasteiger partial charge in [0.05, 0.1) is 11.6 Å². The zero-order valence-corrected chi connectivity index (χ0v) is 13.8. The molecule has 1 N–H and O–H groups in total. The molecule has 0 saturated heterocycles. The molecule has 2 aromatic carbocycles. The van der Waals surface area contributed by atoms with E-state index in [1.807, 2.05) is 43.3 Å². The normalized spacial score (nSPS) is 10.3. The minimum Gasteiger partial charge on any atom is -0.476 e. The number of carbonyl (C=O) groups is 1. The van der Waals surface area contributed by atoms with Crippen LogP contribution in [0.5, 0.6) is 0 Å². The summed E-state index contributed by atoms with van der Waals surface area (Å²) < 4.78 is 4.02. The molecule has 4 nitrogen and oxygen atoms in total. The first-order chi connectivity index (χ1) is 11.6. The molecule has 0 unspecified atom stereocenters. The third kappa shape index (κ3) is 3.19. The number of carboxylic acid groups (broad SMARTS) is 1. The molecule has 3 rings (SSSR count). The number of aromatic nitrogens is 1. The van der Waals surface area contributed by atoms with E-state index < -0.39 is 5.97 Å². The largest absolute Gasteiger partial charge is 0.476 e. The second-order valence-electron chi connectivity index (χ2n) is 5.44. The molecule has 0 atom stereocenters. The molecule has 0 bridgehead atoms. The Hall–Kier alpha value is -2.97. The molecule has 0 aliphatic rings. The molecule has 0 aliphatic heterocycles. The lowest BCUT2D eigenvalue weighted by molar-refractivity contribution is 0.0690. The minimum atomic E-state index is -0.988. The highest BCUT2D eigenvalue weighted by Crippen LogP contribution is 2.25. The van der Waals surface area contributed by atoms with Crippen LogP contribution < -0.4 is 0 Å². The molecule has 1 heterocycles. The van der Waals surface area contributed by atoms with Crippen molar-refractivity contribution in [2.45, 2.75) is 13.3 Å². The summed E-state index contributed by atoms with van der Waals surface area (Å²) in [6, 6.07) is 17.5. The third-order valence-corrected chi connectivity index (χ3v) is 4.64. The lowest BCUT2D eigenvalue weighted by Gasteiger charge is -2.07. The van der Waals surface area contributed by atoms with Crippen LogP contribution in [0.2, 0.25) is 0 Å². The molecule has 3 aromatic rings. The molecule has 0 saturated carbocycles. The van der Waals surface area contributed by atoms with Crippen molar-refractivity contribution in [3.63, 3.8) is 0 Å². The molecular weight excluding hydrogens is 320 g/mol. The maximum absolute atomic E-state index is 11.3. The van der Waals surface area contributed by atoms with Gasteiger partial charge in [0.1, 0.15) is 0 Å². The quantitative estimate of drug-likeness (QED) is 0.773. The predicted octanol–water partition coefficient (Wildman–Crippen LogP) is 4.28.